The summed E-state index contributed by atoms with van der Waals surface area (Å²) < 4.78 is 32.4. The molecule has 0 radical (unpaired) electrons. The lowest BCUT2D eigenvalue weighted by Crippen LogP contribution is -2.48. The van der Waals surface area contributed by atoms with Gasteiger partial charge >= 0.3 is 0 Å². The molecule has 1 aliphatic rings. The van der Waals surface area contributed by atoms with E-state index in [0.29, 0.717) is 50.7 Å². The molecular formula is C28H38ClN3O5S. The molecule has 208 valence electrons. The van der Waals surface area contributed by atoms with Crippen LogP contribution in [-0.4, -0.2) is 68.3 Å². The van der Waals surface area contributed by atoms with Crippen LogP contribution in [-0.2, 0) is 37.3 Å². The summed E-state index contributed by atoms with van der Waals surface area (Å²) in [5, 5.41) is 3.49. The standard InChI is InChI=1S/C28H38ClN3O5S/c1-3-37-20-6-17-30-28(34)22(2)32(21-24-7-12-25(29)13-8-24)27(33)16-11-23-9-14-26(15-10-23)38(35,36)31-18-4-5-19-31/h7-10,12-15,22H,3-6,11,16-21H2,1-2H3,(H,30,34)/t22-/m1/s1. The Balaban J connectivity index is 1.64. The van der Waals surface area contributed by atoms with Crippen LogP contribution in [0.25, 0.3) is 0 Å². The van der Waals surface area contributed by atoms with E-state index in [1.165, 1.54) is 4.31 Å². The minimum absolute atomic E-state index is 0.161. The maximum Gasteiger partial charge on any atom is 0.243 e. The lowest BCUT2D eigenvalue weighted by molar-refractivity contribution is -0.140. The van der Waals surface area contributed by atoms with Gasteiger partial charge in [-0.15, -0.1) is 0 Å². The molecule has 2 amide bonds. The number of hydrogen-bond acceptors (Lipinski definition) is 5. The summed E-state index contributed by atoms with van der Waals surface area (Å²) in [6.07, 6.45) is 3.09. The molecule has 1 saturated heterocycles. The average molecular weight is 564 g/mol. The van der Waals surface area contributed by atoms with Crippen molar-refractivity contribution in [3.8, 4) is 0 Å². The van der Waals surface area contributed by atoms with Gasteiger partial charge in [0, 0.05) is 50.8 Å². The summed E-state index contributed by atoms with van der Waals surface area (Å²) in [6.45, 7) is 6.70. The predicted octanol–water partition coefficient (Wildman–Crippen LogP) is 4.02. The number of nitrogens with zero attached hydrogens (tertiary/aromatic N) is 2. The zero-order chi connectivity index (χ0) is 27.5. The van der Waals surface area contributed by atoms with Gasteiger partial charge in [0.15, 0.2) is 0 Å². The van der Waals surface area contributed by atoms with Crippen LogP contribution < -0.4 is 5.32 Å². The van der Waals surface area contributed by atoms with Gasteiger partial charge in [-0.25, -0.2) is 8.42 Å². The van der Waals surface area contributed by atoms with Crippen LogP contribution in [0.3, 0.4) is 0 Å². The molecule has 1 fully saturated rings. The van der Waals surface area contributed by atoms with Crippen LogP contribution in [0.5, 0.6) is 0 Å². The molecule has 2 aromatic carbocycles. The predicted molar refractivity (Wildman–Crippen MR) is 148 cm³/mol. The largest absolute Gasteiger partial charge is 0.382 e. The van der Waals surface area contributed by atoms with E-state index in [2.05, 4.69) is 5.32 Å². The summed E-state index contributed by atoms with van der Waals surface area (Å²) in [7, 11) is -3.48. The third-order valence-electron chi connectivity index (χ3n) is 6.66. The molecule has 8 nitrogen and oxygen atoms in total. The van der Waals surface area contributed by atoms with Crippen LogP contribution in [0, 0.1) is 0 Å². The second-order valence-corrected chi connectivity index (χ2v) is 11.8. The Morgan fingerprint density at radius 1 is 1.05 bits per heavy atom. The Labute approximate surface area is 231 Å². The second-order valence-electron chi connectivity index (χ2n) is 9.42. The molecular weight excluding hydrogens is 526 g/mol. The Bertz CT molecular complexity index is 1150. The molecule has 2 aromatic rings. The second kappa shape index (κ2) is 14.6. The fourth-order valence-electron chi connectivity index (χ4n) is 4.35. The highest BCUT2D eigenvalue weighted by Crippen LogP contribution is 2.22. The van der Waals surface area contributed by atoms with Crippen molar-refractivity contribution in [2.45, 2.75) is 63.4 Å². The number of sulfonamides is 1. The van der Waals surface area contributed by atoms with Crippen LogP contribution in [0.15, 0.2) is 53.4 Å². The van der Waals surface area contributed by atoms with Crippen molar-refractivity contribution in [2.75, 3.05) is 32.8 Å². The molecule has 1 atom stereocenters. The molecule has 10 heteroatoms. The molecule has 1 aliphatic heterocycles. The number of carbonyl (C=O) groups is 2. The normalized spacial score (nSPS) is 14.8. The summed E-state index contributed by atoms with van der Waals surface area (Å²) in [5.74, 6) is -0.383. The molecule has 0 spiro atoms. The Kier molecular flexibility index (Phi) is 11.6. The van der Waals surface area contributed by atoms with Crippen molar-refractivity contribution < 1.29 is 22.7 Å². The number of rotatable bonds is 14. The first kappa shape index (κ1) is 30.1. The van der Waals surface area contributed by atoms with Crippen LogP contribution in [0.4, 0.5) is 0 Å². The Morgan fingerprint density at radius 3 is 2.32 bits per heavy atom. The van der Waals surface area contributed by atoms with E-state index in [1.807, 2.05) is 19.1 Å². The molecule has 0 aromatic heterocycles. The van der Waals surface area contributed by atoms with E-state index in [0.717, 1.165) is 24.0 Å². The maximum absolute atomic E-state index is 13.3. The van der Waals surface area contributed by atoms with Crippen molar-refractivity contribution in [2.24, 2.45) is 0 Å². The number of halogens is 1. The van der Waals surface area contributed by atoms with Crippen molar-refractivity contribution in [3.05, 3.63) is 64.7 Å². The highest BCUT2D eigenvalue weighted by atomic mass is 35.5. The molecule has 38 heavy (non-hydrogen) atoms. The van der Waals surface area contributed by atoms with Crippen molar-refractivity contribution in [3.63, 3.8) is 0 Å². The van der Waals surface area contributed by atoms with Gasteiger partial charge < -0.3 is 15.0 Å². The number of hydrogen-bond donors (Lipinski definition) is 1. The van der Waals surface area contributed by atoms with Gasteiger partial charge in [0.05, 0.1) is 4.90 Å². The van der Waals surface area contributed by atoms with Crippen LogP contribution in [0.2, 0.25) is 5.02 Å². The minimum Gasteiger partial charge on any atom is -0.382 e. The average Bonchev–Trinajstić information content (AvgIpc) is 3.47. The molecule has 3 rings (SSSR count). The number of amides is 2. The van der Waals surface area contributed by atoms with Gasteiger partial charge in [-0.3, -0.25) is 9.59 Å². The molecule has 0 aliphatic carbocycles. The first-order chi connectivity index (χ1) is 18.2. The fraction of sp³-hybridized carbons (Fsp3) is 0.500. The first-order valence-corrected chi connectivity index (χ1v) is 15.0. The highest BCUT2D eigenvalue weighted by molar-refractivity contribution is 7.89. The number of aryl methyl sites for hydroxylation is 1. The van der Waals surface area contributed by atoms with Crippen molar-refractivity contribution >= 4 is 33.4 Å². The third-order valence-corrected chi connectivity index (χ3v) is 8.82. The number of benzene rings is 2. The van der Waals surface area contributed by atoms with Gasteiger partial charge in [0.2, 0.25) is 21.8 Å². The summed E-state index contributed by atoms with van der Waals surface area (Å²) in [5.41, 5.74) is 1.73. The fourth-order valence-corrected chi connectivity index (χ4v) is 5.99. The van der Waals surface area contributed by atoms with E-state index in [-0.39, 0.29) is 29.7 Å². The van der Waals surface area contributed by atoms with Crippen LogP contribution in [0.1, 0.15) is 50.7 Å². The highest BCUT2D eigenvalue weighted by Gasteiger charge is 2.28. The zero-order valence-electron chi connectivity index (χ0n) is 22.2. The lowest BCUT2D eigenvalue weighted by Gasteiger charge is -2.29. The SMILES string of the molecule is CCOCCCNC(=O)[C@@H](C)N(Cc1ccc(Cl)cc1)C(=O)CCc1ccc(S(=O)(=O)N2CCCC2)cc1. The Hall–Kier alpha value is -2.46. The molecule has 1 heterocycles. The van der Waals surface area contributed by atoms with E-state index >= 15 is 0 Å². The molecule has 0 unspecified atom stereocenters. The van der Waals surface area contributed by atoms with Crippen molar-refractivity contribution in [1.82, 2.24) is 14.5 Å². The van der Waals surface area contributed by atoms with E-state index in [4.69, 9.17) is 16.3 Å². The zero-order valence-corrected chi connectivity index (χ0v) is 23.8. The van der Waals surface area contributed by atoms with Gasteiger partial charge in [0.1, 0.15) is 6.04 Å². The van der Waals surface area contributed by atoms with Crippen molar-refractivity contribution in [1.29, 1.82) is 0 Å². The Morgan fingerprint density at radius 2 is 1.68 bits per heavy atom. The van der Waals surface area contributed by atoms with E-state index in [9.17, 15) is 18.0 Å². The topological polar surface area (TPSA) is 96.0 Å². The smallest absolute Gasteiger partial charge is 0.243 e. The first-order valence-electron chi connectivity index (χ1n) is 13.2. The van der Waals surface area contributed by atoms with Crippen LogP contribution >= 0.6 is 11.6 Å². The van der Waals surface area contributed by atoms with Gasteiger partial charge in [-0.1, -0.05) is 35.9 Å². The van der Waals surface area contributed by atoms with E-state index < -0.39 is 16.1 Å². The summed E-state index contributed by atoms with van der Waals surface area (Å²) >= 11 is 6.02. The van der Waals surface area contributed by atoms with Gasteiger partial charge in [0.25, 0.3) is 0 Å². The number of nitrogens with one attached hydrogen (secondary N) is 1. The van der Waals surface area contributed by atoms with Gasteiger partial charge in [-0.05, 0) is 74.9 Å². The molecule has 0 saturated carbocycles. The maximum atomic E-state index is 13.3. The minimum atomic E-state index is -3.48. The quantitative estimate of drug-likeness (QED) is 0.350. The monoisotopic (exact) mass is 563 g/mol. The van der Waals surface area contributed by atoms with Gasteiger partial charge in [-0.2, -0.15) is 4.31 Å². The summed E-state index contributed by atoms with van der Waals surface area (Å²) in [6, 6.07) is 13.3. The lowest BCUT2D eigenvalue weighted by atomic mass is 10.1. The van der Waals surface area contributed by atoms with E-state index in [1.54, 1.807) is 48.2 Å². The summed E-state index contributed by atoms with van der Waals surface area (Å²) in [4.78, 5) is 28.0. The number of carbonyl (C=O) groups excluding carboxylic acids is 2. The molecule has 1 N–H and O–H groups in total. The molecule has 0 bridgehead atoms. The number of ether oxygens (including phenoxy) is 1. The third kappa shape index (κ3) is 8.53.